The molecule has 1 aliphatic rings. The van der Waals surface area contributed by atoms with Crippen molar-refractivity contribution in [3.63, 3.8) is 0 Å². The third kappa shape index (κ3) is 1.89. The molecule has 3 aromatic heterocycles. The van der Waals surface area contributed by atoms with Crippen LogP contribution in [0.1, 0.15) is 24.9 Å². The Morgan fingerprint density at radius 2 is 2.00 bits per heavy atom. The van der Waals surface area contributed by atoms with Crippen molar-refractivity contribution in [1.82, 2.24) is 19.2 Å². The van der Waals surface area contributed by atoms with E-state index < -0.39 is 0 Å². The molecule has 0 saturated heterocycles. The molecule has 1 unspecified atom stereocenters. The molecule has 22 heavy (non-hydrogen) atoms. The molecule has 3 aromatic rings. The maximum Gasteiger partial charge on any atom is 0.161 e. The van der Waals surface area contributed by atoms with Gasteiger partial charge < -0.3 is 4.57 Å². The SMILES string of the molecule is CC1=CN=CCC1Cn1c(C)cc2c1ccc1nnc(C)n12. The molecule has 0 amide bonds. The van der Waals surface area contributed by atoms with Crippen molar-refractivity contribution in [1.29, 1.82) is 0 Å². The molecule has 0 aromatic carbocycles. The number of hydrogen-bond acceptors (Lipinski definition) is 3. The number of nitrogens with zero attached hydrogens (tertiary/aromatic N) is 5. The molecule has 5 heteroatoms. The van der Waals surface area contributed by atoms with Crippen molar-refractivity contribution in [3.8, 4) is 0 Å². The molecule has 0 N–H and O–H groups in total. The van der Waals surface area contributed by atoms with Gasteiger partial charge >= 0.3 is 0 Å². The first-order valence-corrected chi connectivity index (χ1v) is 7.64. The van der Waals surface area contributed by atoms with Gasteiger partial charge in [-0.1, -0.05) is 0 Å². The molecule has 0 aliphatic carbocycles. The van der Waals surface area contributed by atoms with E-state index in [4.69, 9.17) is 0 Å². The van der Waals surface area contributed by atoms with E-state index in [0.29, 0.717) is 5.92 Å². The first kappa shape index (κ1) is 13.2. The summed E-state index contributed by atoms with van der Waals surface area (Å²) in [4.78, 5) is 4.25. The van der Waals surface area contributed by atoms with Gasteiger partial charge in [-0.25, -0.2) is 0 Å². The summed E-state index contributed by atoms with van der Waals surface area (Å²) in [6.07, 6.45) is 5.01. The minimum Gasteiger partial charge on any atom is -0.343 e. The summed E-state index contributed by atoms with van der Waals surface area (Å²) in [6, 6.07) is 6.43. The lowest BCUT2D eigenvalue weighted by atomic mass is 9.96. The molecule has 0 fully saturated rings. The van der Waals surface area contributed by atoms with Gasteiger partial charge in [-0.2, -0.15) is 0 Å². The maximum atomic E-state index is 4.25. The third-order valence-electron chi connectivity index (χ3n) is 4.63. The van der Waals surface area contributed by atoms with Crippen molar-refractivity contribution in [2.75, 3.05) is 0 Å². The minimum atomic E-state index is 0.518. The molecule has 4 heterocycles. The van der Waals surface area contributed by atoms with E-state index in [1.54, 1.807) is 0 Å². The number of aromatic nitrogens is 4. The first-order valence-electron chi connectivity index (χ1n) is 7.64. The topological polar surface area (TPSA) is 47.5 Å². The van der Waals surface area contributed by atoms with Gasteiger partial charge in [-0.05, 0) is 51.0 Å². The van der Waals surface area contributed by atoms with Gasteiger partial charge in [0.05, 0.1) is 11.0 Å². The number of hydrogen-bond donors (Lipinski definition) is 0. The second kappa shape index (κ2) is 4.80. The van der Waals surface area contributed by atoms with Gasteiger partial charge in [-0.15, -0.1) is 10.2 Å². The zero-order chi connectivity index (χ0) is 15.3. The minimum absolute atomic E-state index is 0.518. The van der Waals surface area contributed by atoms with Crippen molar-refractivity contribution >= 4 is 22.9 Å². The second-order valence-electron chi connectivity index (χ2n) is 6.08. The Morgan fingerprint density at radius 3 is 2.82 bits per heavy atom. The first-order chi connectivity index (χ1) is 10.6. The second-order valence-corrected chi connectivity index (χ2v) is 6.08. The van der Waals surface area contributed by atoms with Crippen LogP contribution in [0.4, 0.5) is 0 Å². The number of pyridine rings is 1. The highest BCUT2D eigenvalue weighted by atomic mass is 15.2. The van der Waals surface area contributed by atoms with Crippen LogP contribution in [-0.4, -0.2) is 25.4 Å². The molecule has 5 nitrogen and oxygen atoms in total. The van der Waals surface area contributed by atoms with Gasteiger partial charge in [0.25, 0.3) is 0 Å². The summed E-state index contributed by atoms with van der Waals surface area (Å²) in [5.74, 6) is 1.45. The highest BCUT2D eigenvalue weighted by Gasteiger charge is 2.17. The predicted molar refractivity (Wildman–Crippen MR) is 88.3 cm³/mol. The summed E-state index contributed by atoms with van der Waals surface area (Å²) in [5, 5.41) is 8.40. The molecule has 112 valence electrons. The number of allylic oxidation sites excluding steroid dienone is 1. The fourth-order valence-corrected chi connectivity index (χ4v) is 3.30. The average Bonchev–Trinajstić information content (AvgIpc) is 3.03. The standard InChI is InChI=1S/C17H19N5/c1-11-9-18-7-6-14(11)10-21-12(2)8-16-15(21)4-5-17-20-19-13(3)22(16)17/h4-5,7-9,14H,6,10H2,1-3H3. The monoisotopic (exact) mass is 293 g/mol. The Kier molecular flexibility index (Phi) is 2.89. The molecule has 0 radical (unpaired) electrons. The van der Waals surface area contributed by atoms with Crippen LogP contribution in [0.5, 0.6) is 0 Å². The van der Waals surface area contributed by atoms with Crippen LogP contribution >= 0.6 is 0 Å². The fourth-order valence-electron chi connectivity index (χ4n) is 3.30. The van der Waals surface area contributed by atoms with E-state index in [0.717, 1.165) is 24.4 Å². The number of fused-ring (bicyclic) bond motifs is 3. The zero-order valence-corrected chi connectivity index (χ0v) is 13.1. The Hall–Kier alpha value is -2.43. The Morgan fingerprint density at radius 1 is 1.14 bits per heavy atom. The lowest BCUT2D eigenvalue weighted by Crippen LogP contribution is -2.15. The van der Waals surface area contributed by atoms with Gasteiger partial charge in [0.15, 0.2) is 5.65 Å². The van der Waals surface area contributed by atoms with Crippen LogP contribution in [0.2, 0.25) is 0 Å². The number of aryl methyl sites for hydroxylation is 2. The molecular weight excluding hydrogens is 274 g/mol. The number of rotatable bonds is 2. The van der Waals surface area contributed by atoms with Crippen molar-refractivity contribution in [3.05, 3.63) is 41.5 Å². The molecule has 0 saturated carbocycles. The van der Waals surface area contributed by atoms with E-state index in [9.17, 15) is 0 Å². The maximum absolute atomic E-state index is 4.25. The summed E-state index contributed by atoms with van der Waals surface area (Å²) < 4.78 is 4.53. The van der Waals surface area contributed by atoms with Crippen LogP contribution in [-0.2, 0) is 6.54 Å². The lowest BCUT2D eigenvalue weighted by Gasteiger charge is -2.20. The highest BCUT2D eigenvalue weighted by Crippen LogP contribution is 2.26. The van der Waals surface area contributed by atoms with Crippen molar-refractivity contribution in [2.24, 2.45) is 10.9 Å². The average molecular weight is 293 g/mol. The molecule has 1 atom stereocenters. The zero-order valence-electron chi connectivity index (χ0n) is 13.1. The molecule has 1 aliphatic heterocycles. The Bertz CT molecular complexity index is 925. The van der Waals surface area contributed by atoms with Crippen LogP contribution in [0.15, 0.2) is 35.0 Å². The normalized spacial score (nSPS) is 18.3. The van der Waals surface area contributed by atoms with Crippen LogP contribution < -0.4 is 0 Å². The van der Waals surface area contributed by atoms with Crippen LogP contribution in [0, 0.1) is 19.8 Å². The number of aliphatic imine (C=N–C) groups is 1. The summed E-state index contributed by atoms with van der Waals surface area (Å²) >= 11 is 0. The van der Waals surface area contributed by atoms with E-state index in [1.807, 2.05) is 25.4 Å². The van der Waals surface area contributed by atoms with Crippen molar-refractivity contribution < 1.29 is 0 Å². The lowest BCUT2D eigenvalue weighted by molar-refractivity contribution is 0.522. The van der Waals surface area contributed by atoms with E-state index in [2.05, 4.69) is 50.1 Å². The summed E-state index contributed by atoms with van der Waals surface area (Å²) in [5.41, 5.74) is 5.95. The highest BCUT2D eigenvalue weighted by molar-refractivity contribution is 5.81. The van der Waals surface area contributed by atoms with E-state index in [1.165, 1.54) is 22.3 Å². The van der Waals surface area contributed by atoms with Crippen molar-refractivity contribution in [2.45, 2.75) is 33.7 Å². The Labute approximate surface area is 129 Å². The quantitative estimate of drug-likeness (QED) is 0.728. The summed E-state index contributed by atoms with van der Waals surface area (Å²) in [7, 11) is 0. The predicted octanol–water partition coefficient (Wildman–Crippen LogP) is 3.30. The molecule has 0 bridgehead atoms. The summed E-state index contributed by atoms with van der Waals surface area (Å²) in [6.45, 7) is 7.32. The smallest absolute Gasteiger partial charge is 0.161 e. The largest absolute Gasteiger partial charge is 0.343 e. The van der Waals surface area contributed by atoms with Gasteiger partial charge in [0.2, 0.25) is 0 Å². The van der Waals surface area contributed by atoms with Gasteiger partial charge in [0, 0.05) is 30.6 Å². The van der Waals surface area contributed by atoms with E-state index >= 15 is 0 Å². The molecule has 4 rings (SSSR count). The van der Waals surface area contributed by atoms with E-state index in [-0.39, 0.29) is 0 Å². The molecule has 0 spiro atoms. The third-order valence-corrected chi connectivity index (χ3v) is 4.63. The van der Waals surface area contributed by atoms with Gasteiger partial charge in [-0.3, -0.25) is 9.39 Å². The van der Waals surface area contributed by atoms with Crippen LogP contribution in [0.25, 0.3) is 16.7 Å². The molecular formula is C17H19N5. The van der Waals surface area contributed by atoms with Gasteiger partial charge in [0.1, 0.15) is 5.82 Å². The van der Waals surface area contributed by atoms with Crippen LogP contribution in [0.3, 0.4) is 0 Å². The Balaban J connectivity index is 1.86. The fraction of sp³-hybridized carbons (Fsp3) is 0.353.